The molecule has 7 rings (SSSR count). The third kappa shape index (κ3) is 9.75. The molecule has 6 nitrogen and oxygen atoms in total. The Morgan fingerprint density at radius 2 is 0.714 bits per heavy atom. The second-order valence-corrected chi connectivity index (χ2v) is 12.7. The molecule has 56 heavy (non-hydrogen) atoms. The first kappa shape index (κ1) is 36.9. The zero-order valence-electron chi connectivity index (χ0n) is 31.3. The molecule has 0 unspecified atom stereocenters. The molecule has 0 fully saturated rings. The van der Waals surface area contributed by atoms with Gasteiger partial charge >= 0.3 is 0 Å². The van der Waals surface area contributed by atoms with Crippen molar-refractivity contribution in [3.05, 3.63) is 217 Å². The molecule has 274 valence electrons. The second kappa shape index (κ2) is 19.1. The molecule has 6 heteroatoms. The van der Waals surface area contributed by atoms with Crippen molar-refractivity contribution in [1.82, 2.24) is 0 Å². The van der Waals surface area contributed by atoms with Crippen LogP contribution in [0.1, 0.15) is 18.1 Å². The van der Waals surface area contributed by atoms with E-state index in [0.29, 0.717) is 6.61 Å². The molecule has 0 aliphatic carbocycles. The zero-order chi connectivity index (χ0) is 38.2. The quantitative estimate of drug-likeness (QED) is 0.0778. The molecule has 0 aliphatic heterocycles. The fourth-order valence-corrected chi connectivity index (χ4v) is 6.13. The molecule has 0 bridgehead atoms. The lowest BCUT2D eigenvalue weighted by Gasteiger charge is -2.26. The minimum atomic E-state index is 0.621. The van der Waals surface area contributed by atoms with Gasteiger partial charge < -0.3 is 9.64 Å². The van der Waals surface area contributed by atoms with Crippen molar-refractivity contribution in [1.29, 1.82) is 0 Å². The third-order valence-corrected chi connectivity index (χ3v) is 8.83. The van der Waals surface area contributed by atoms with Gasteiger partial charge in [0.25, 0.3) is 0 Å². The van der Waals surface area contributed by atoms with Crippen molar-refractivity contribution in [2.45, 2.75) is 6.92 Å². The average molecular weight is 730 g/mol. The van der Waals surface area contributed by atoms with Gasteiger partial charge in [-0.05, 0) is 127 Å². The van der Waals surface area contributed by atoms with Gasteiger partial charge in [0.15, 0.2) is 0 Å². The first-order valence-corrected chi connectivity index (χ1v) is 18.7. The smallest absolute Gasteiger partial charge is 0.119 e. The number of benzene rings is 7. The van der Waals surface area contributed by atoms with Gasteiger partial charge in [-0.3, -0.25) is 0 Å². The summed E-state index contributed by atoms with van der Waals surface area (Å²) in [5.41, 5.74) is 9.22. The molecule has 0 aliphatic rings. The molecule has 0 atom stereocenters. The Kier molecular flexibility index (Phi) is 12.6. The maximum atomic E-state index is 5.75. The summed E-state index contributed by atoms with van der Waals surface area (Å²) >= 11 is 0. The summed E-state index contributed by atoms with van der Waals surface area (Å²) in [5, 5.41) is 13.4. The van der Waals surface area contributed by atoms with Crippen LogP contribution in [0.3, 0.4) is 0 Å². The highest BCUT2D eigenvalue weighted by molar-refractivity contribution is 5.83. The third-order valence-electron chi connectivity index (χ3n) is 8.83. The van der Waals surface area contributed by atoms with E-state index in [9.17, 15) is 0 Å². The highest BCUT2D eigenvalue weighted by atomic mass is 16.5. The monoisotopic (exact) mass is 729 g/mol. The van der Waals surface area contributed by atoms with E-state index >= 15 is 0 Å². The van der Waals surface area contributed by atoms with Gasteiger partial charge in [-0.25, -0.2) is 10.0 Å². The minimum absolute atomic E-state index is 0.621. The molecular formula is C50H43N5O. The molecule has 0 spiro atoms. The van der Waals surface area contributed by atoms with Crippen LogP contribution in [-0.4, -0.2) is 19.0 Å². The van der Waals surface area contributed by atoms with Crippen molar-refractivity contribution in [2.24, 2.45) is 10.2 Å². The van der Waals surface area contributed by atoms with E-state index in [1.54, 1.807) is 0 Å². The molecule has 7 aromatic rings. The highest BCUT2D eigenvalue weighted by Gasteiger charge is 2.13. The largest absolute Gasteiger partial charge is 0.494 e. The van der Waals surface area contributed by atoms with Crippen molar-refractivity contribution in [2.75, 3.05) is 21.5 Å². The van der Waals surface area contributed by atoms with Gasteiger partial charge in [-0.2, -0.15) is 10.2 Å². The van der Waals surface area contributed by atoms with Gasteiger partial charge in [0, 0.05) is 29.5 Å². The molecule has 0 N–H and O–H groups in total. The predicted octanol–water partition coefficient (Wildman–Crippen LogP) is 13.2. The van der Waals surface area contributed by atoms with Crippen molar-refractivity contribution in [3.63, 3.8) is 0 Å². The first-order valence-electron chi connectivity index (χ1n) is 18.7. The maximum Gasteiger partial charge on any atom is 0.119 e. The van der Waals surface area contributed by atoms with E-state index in [4.69, 9.17) is 14.9 Å². The predicted molar refractivity (Wildman–Crippen MR) is 237 cm³/mol. The van der Waals surface area contributed by atoms with Crippen LogP contribution in [0.4, 0.5) is 39.8 Å². The number of nitrogens with zero attached hydrogens (tertiary/aromatic N) is 5. The number of hydrogen-bond acceptors (Lipinski definition) is 6. The Hall–Kier alpha value is -7.44. The zero-order valence-corrected chi connectivity index (χ0v) is 31.3. The van der Waals surface area contributed by atoms with Crippen LogP contribution in [0.2, 0.25) is 0 Å². The van der Waals surface area contributed by atoms with E-state index in [2.05, 4.69) is 126 Å². The summed E-state index contributed by atoms with van der Waals surface area (Å²) in [6.45, 7) is 2.62. The summed E-state index contributed by atoms with van der Waals surface area (Å²) < 4.78 is 5.75. The summed E-state index contributed by atoms with van der Waals surface area (Å²) in [6.07, 6.45) is 11.7. The topological polar surface area (TPSA) is 43.7 Å². The Labute approximate surface area is 329 Å². The Morgan fingerprint density at radius 3 is 1.04 bits per heavy atom. The second-order valence-electron chi connectivity index (χ2n) is 12.7. The van der Waals surface area contributed by atoms with E-state index < -0.39 is 0 Å². The van der Waals surface area contributed by atoms with Crippen LogP contribution in [0.15, 0.2) is 216 Å². The number of anilines is 7. The Bertz CT molecular complexity index is 2120. The van der Waals surface area contributed by atoms with Gasteiger partial charge in [0.1, 0.15) is 5.75 Å². The Balaban J connectivity index is 1.08. The first-order chi connectivity index (χ1) is 27.7. The van der Waals surface area contributed by atoms with Crippen molar-refractivity contribution in [3.8, 4) is 5.75 Å². The molecule has 0 aromatic heterocycles. The fourth-order valence-electron chi connectivity index (χ4n) is 6.13. The summed E-state index contributed by atoms with van der Waals surface area (Å²) in [5.74, 6) is 0.844. The van der Waals surface area contributed by atoms with Crippen LogP contribution in [0.25, 0.3) is 12.2 Å². The SMILES string of the molecule is CCOc1ccc(N(c2ccc(C=CC=NN(c3ccccc3)c3ccccc3)cc2)c2ccc(C=CC=NN(c3ccccc3)c3ccccc3)cc2)cc1. The summed E-state index contributed by atoms with van der Waals surface area (Å²) in [4.78, 5) is 2.24. The molecule has 0 saturated heterocycles. The van der Waals surface area contributed by atoms with Crippen LogP contribution < -0.4 is 19.7 Å². The highest BCUT2D eigenvalue weighted by Crippen LogP contribution is 2.36. The average Bonchev–Trinajstić information content (AvgIpc) is 3.27. The van der Waals surface area contributed by atoms with Gasteiger partial charge in [0.05, 0.1) is 29.4 Å². The standard InChI is InChI=1S/C50H43N5O/c1-2-56-50-37-35-45(36-38-50)53(43-31-27-41(28-32-43)17-15-39-51-54(46-19-7-3-8-20-46)47-21-9-4-10-22-47)44-33-29-42(30-34-44)18-16-40-52-55(48-23-11-5-12-24-48)49-25-13-6-14-26-49/h3-40H,2H2,1H3. The molecule has 0 amide bonds. The number of hydrogen-bond donors (Lipinski definition) is 0. The van der Waals surface area contributed by atoms with Gasteiger partial charge in [-0.1, -0.05) is 109 Å². The Morgan fingerprint density at radius 1 is 0.393 bits per heavy atom. The molecule has 0 heterocycles. The van der Waals surface area contributed by atoms with E-state index in [0.717, 1.165) is 56.7 Å². The van der Waals surface area contributed by atoms with Gasteiger partial charge in [0.2, 0.25) is 0 Å². The summed E-state index contributed by atoms with van der Waals surface area (Å²) in [7, 11) is 0. The minimum Gasteiger partial charge on any atom is -0.494 e. The van der Waals surface area contributed by atoms with Crippen molar-refractivity contribution >= 4 is 64.4 Å². The van der Waals surface area contributed by atoms with Crippen molar-refractivity contribution < 1.29 is 4.74 Å². The lowest BCUT2D eigenvalue weighted by molar-refractivity contribution is 0.340. The number of para-hydroxylation sites is 4. The van der Waals surface area contributed by atoms with E-state index in [1.165, 1.54) is 0 Å². The lowest BCUT2D eigenvalue weighted by atomic mass is 10.1. The summed E-state index contributed by atoms with van der Waals surface area (Å²) in [6, 6.07) is 65.9. The van der Waals surface area contributed by atoms with Gasteiger partial charge in [-0.15, -0.1) is 0 Å². The molecule has 7 aromatic carbocycles. The molecule has 0 radical (unpaired) electrons. The molecule has 0 saturated carbocycles. The number of allylic oxidation sites excluding steroid dienone is 2. The number of rotatable bonds is 15. The normalized spacial score (nSPS) is 11.4. The maximum absolute atomic E-state index is 5.75. The number of hydrazone groups is 2. The van der Waals surface area contributed by atoms with Crippen LogP contribution in [0, 0.1) is 0 Å². The molecular weight excluding hydrogens is 687 g/mol. The van der Waals surface area contributed by atoms with Crippen LogP contribution in [0.5, 0.6) is 5.75 Å². The van der Waals surface area contributed by atoms with Crippen LogP contribution in [-0.2, 0) is 0 Å². The fraction of sp³-hybridized carbons (Fsp3) is 0.0400. The van der Waals surface area contributed by atoms with Crippen LogP contribution >= 0.6 is 0 Å². The lowest BCUT2D eigenvalue weighted by Crippen LogP contribution is -2.10. The van der Waals surface area contributed by atoms with E-state index in [-0.39, 0.29) is 0 Å². The van der Waals surface area contributed by atoms with E-state index in [1.807, 2.05) is 126 Å². The number of ether oxygens (including phenoxy) is 1.